The summed E-state index contributed by atoms with van der Waals surface area (Å²) in [6.45, 7) is 1.40. The lowest BCUT2D eigenvalue weighted by Gasteiger charge is -2.44. The molecule has 10 rings (SSSR count). The summed E-state index contributed by atoms with van der Waals surface area (Å²) in [5.74, 6) is 1.59. The first-order valence-corrected chi connectivity index (χ1v) is 16.0. The van der Waals surface area contributed by atoms with Crippen molar-refractivity contribution in [2.45, 2.75) is 25.7 Å². The van der Waals surface area contributed by atoms with Gasteiger partial charge in [-0.2, -0.15) is 0 Å². The van der Waals surface area contributed by atoms with E-state index in [1.165, 1.54) is 90.7 Å². The molecule has 0 saturated heterocycles. The molecule has 4 heteroatoms. The molecule has 0 N–H and O–H groups in total. The molecular formula is C37H29BN2S. The summed E-state index contributed by atoms with van der Waals surface area (Å²) < 4.78 is 2.71. The van der Waals surface area contributed by atoms with Crippen molar-refractivity contribution >= 4 is 83.0 Å². The van der Waals surface area contributed by atoms with Crippen LogP contribution in [0.25, 0.3) is 20.2 Å². The van der Waals surface area contributed by atoms with Gasteiger partial charge in [0.25, 0.3) is 6.71 Å². The Kier molecular flexibility index (Phi) is 4.57. The van der Waals surface area contributed by atoms with E-state index in [2.05, 4.69) is 113 Å². The minimum absolute atomic E-state index is 0.253. The highest BCUT2D eigenvalue weighted by Crippen LogP contribution is 2.48. The second kappa shape index (κ2) is 8.27. The minimum atomic E-state index is 0.253. The summed E-state index contributed by atoms with van der Waals surface area (Å²) in [6.07, 6.45) is 5.35. The fourth-order valence-corrected chi connectivity index (χ4v) is 9.79. The van der Waals surface area contributed by atoms with Gasteiger partial charge < -0.3 is 9.80 Å². The Morgan fingerprint density at radius 1 is 0.659 bits per heavy atom. The molecule has 1 saturated carbocycles. The van der Waals surface area contributed by atoms with Crippen molar-refractivity contribution in [3.05, 3.63) is 109 Å². The van der Waals surface area contributed by atoms with Gasteiger partial charge in [0, 0.05) is 55.2 Å². The molecule has 41 heavy (non-hydrogen) atoms. The van der Waals surface area contributed by atoms with Crippen molar-refractivity contribution in [3.63, 3.8) is 0 Å². The van der Waals surface area contributed by atoms with Gasteiger partial charge in [0.05, 0.1) is 0 Å². The van der Waals surface area contributed by atoms with Gasteiger partial charge in [-0.25, -0.2) is 0 Å². The number of rotatable bonds is 1. The summed E-state index contributed by atoms with van der Waals surface area (Å²) in [5, 5.41) is 2.71. The fourth-order valence-electron chi connectivity index (χ4n) is 8.71. The Morgan fingerprint density at radius 3 is 2.34 bits per heavy atom. The number of hydrogen-bond donors (Lipinski definition) is 0. The number of anilines is 5. The number of fused-ring (bicyclic) bond motifs is 9. The first-order chi connectivity index (χ1) is 20.3. The van der Waals surface area contributed by atoms with Crippen molar-refractivity contribution in [1.29, 1.82) is 0 Å². The first-order valence-electron chi connectivity index (χ1n) is 15.2. The van der Waals surface area contributed by atoms with Gasteiger partial charge in [-0.15, -0.1) is 11.3 Å². The van der Waals surface area contributed by atoms with Crippen LogP contribution in [0.3, 0.4) is 0 Å². The van der Waals surface area contributed by atoms with Crippen LogP contribution in [-0.2, 0) is 6.42 Å². The number of nitrogens with zero attached hydrogens (tertiary/aromatic N) is 2. The van der Waals surface area contributed by atoms with Crippen molar-refractivity contribution in [2.75, 3.05) is 16.3 Å². The van der Waals surface area contributed by atoms with Crippen molar-refractivity contribution in [3.8, 4) is 0 Å². The molecule has 1 fully saturated rings. The highest BCUT2D eigenvalue weighted by molar-refractivity contribution is 7.25. The van der Waals surface area contributed by atoms with Gasteiger partial charge in [0.1, 0.15) is 0 Å². The SMILES string of the molecule is c1ccc2c(c1)B1c3ccccc3N(c3ccc4sc5ccccc5c4c3)c3ccc4c(c31)N2CC1CCCC1C4. The molecule has 4 heterocycles. The summed E-state index contributed by atoms with van der Waals surface area (Å²) in [5.41, 5.74) is 12.8. The van der Waals surface area contributed by atoms with E-state index in [-0.39, 0.29) is 6.71 Å². The van der Waals surface area contributed by atoms with Gasteiger partial charge in [0.15, 0.2) is 0 Å². The summed E-state index contributed by atoms with van der Waals surface area (Å²) in [4.78, 5) is 5.29. The second-order valence-electron chi connectivity index (χ2n) is 12.4. The van der Waals surface area contributed by atoms with Crippen LogP contribution in [0.1, 0.15) is 24.8 Å². The number of benzene rings is 5. The Balaban J connectivity index is 1.27. The zero-order valence-electron chi connectivity index (χ0n) is 22.9. The van der Waals surface area contributed by atoms with Crippen LogP contribution in [0.15, 0.2) is 103 Å². The summed E-state index contributed by atoms with van der Waals surface area (Å²) in [6, 6.07) is 39.3. The highest BCUT2D eigenvalue weighted by atomic mass is 32.1. The molecule has 5 aromatic carbocycles. The summed E-state index contributed by atoms with van der Waals surface area (Å²) >= 11 is 1.89. The maximum absolute atomic E-state index is 2.73. The van der Waals surface area contributed by atoms with Crippen LogP contribution in [0.2, 0.25) is 0 Å². The Labute approximate surface area is 244 Å². The zero-order valence-corrected chi connectivity index (χ0v) is 23.7. The molecule has 1 aliphatic carbocycles. The fraction of sp³-hybridized carbons (Fsp3) is 0.189. The molecule has 1 aromatic heterocycles. The molecule has 4 aliphatic rings. The quantitative estimate of drug-likeness (QED) is 0.195. The van der Waals surface area contributed by atoms with Crippen molar-refractivity contribution in [2.24, 2.45) is 11.8 Å². The predicted molar refractivity (Wildman–Crippen MR) is 177 cm³/mol. The zero-order chi connectivity index (χ0) is 26.7. The molecule has 0 radical (unpaired) electrons. The topological polar surface area (TPSA) is 6.48 Å². The molecular weight excluding hydrogens is 515 g/mol. The van der Waals surface area contributed by atoms with Gasteiger partial charge in [0.2, 0.25) is 0 Å². The van der Waals surface area contributed by atoms with Gasteiger partial charge in [-0.3, -0.25) is 0 Å². The van der Waals surface area contributed by atoms with Gasteiger partial charge in [-0.05, 0) is 95.5 Å². The van der Waals surface area contributed by atoms with E-state index in [4.69, 9.17) is 0 Å². The van der Waals surface area contributed by atoms with Crippen LogP contribution in [0, 0.1) is 11.8 Å². The van der Waals surface area contributed by atoms with Crippen molar-refractivity contribution in [1.82, 2.24) is 0 Å². The molecule has 2 unspecified atom stereocenters. The maximum Gasteiger partial charge on any atom is 0.252 e. The van der Waals surface area contributed by atoms with E-state index in [9.17, 15) is 0 Å². The van der Waals surface area contributed by atoms with E-state index in [0.29, 0.717) is 0 Å². The van der Waals surface area contributed by atoms with Crippen LogP contribution >= 0.6 is 11.3 Å². The smallest absolute Gasteiger partial charge is 0.252 e. The molecule has 196 valence electrons. The normalized spacial score (nSPS) is 20.0. The van der Waals surface area contributed by atoms with Crippen LogP contribution in [-0.4, -0.2) is 13.3 Å². The molecule has 0 amide bonds. The lowest BCUT2D eigenvalue weighted by Crippen LogP contribution is -2.62. The Bertz CT molecular complexity index is 2040. The molecule has 6 aromatic rings. The Morgan fingerprint density at radius 2 is 1.41 bits per heavy atom. The highest BCUT2D eigenvalue weighted by Gasteiger charge is 2.46. The second-order valence-corrected chi connectivity index (χ2v) is 13.5. The molecule has 0 bridgehead atoms. The van der Waals surface area contributed by atoms with E-state index in [0.717, 1.165) is 18.4 Å². The monoisotopic (exact) mass is 544 g/mol. The minimum Gasteiger partial charge on any atom is -0.342 e. The molecule has 3 aliphatic heterocycles. The third-order valence-electron chi connectivity index (χ3n) is 10.4. The van der Waals surface area contributed by atoms with Crippen LogP contribution in [0.5, 0.6) is 0 Å². The third kappa shape index (κ3) is 3.04. The standard InChI is InChI=1S/C37H29BN2S/c1-6-15-34-27(10-1)28-21-26(17-19-35(28)41-34)40-32-14-5-3-12-30(32)38-29-11-2-4-13-31(29)39-22-25-9-7-8-23(25)20-24-16-18-33(40)36(38)37(24)39/h1-6,10-19,21,23,25H,7-9,20,22H2. The first kappa shape index (κ1) is 22.6. The molecule has 0 spiro atoms. The van der Waals surface area contributed by atoms with Crippen molar-refractivity contribution < 1.29 is 0 Å². The lowest BCUT2D eigenvalue weighted by molar-refractivity contribution is 0.402. The van der Waals surface area contributed by atoms with Crippen LogP contribution < -0.4 is 26.2 Å². The van der Waals surface area contributed by atoms with E-state index in [1.54, 1.807) is 5.56 Å². The van der Waals surface area contributed by atoms with E-state index in [1.807, 2.05) is 11.3 Å². The third-order valence-corrected chi connectivity index (χ3v) is 11.6. The molecule has 2 atom stereocenters. The average molecular weight is 545 g/mol. The van der Waals surface area contributed by atoms with Crippen LogP contribution in [0.4, 0.5) is 28.4 Å². The van der Waals surface area contributed by atoms with E-state index < -0.39 is 0 Å². The number of para-hydroxylation sites is 2. The largest absolute Gasteiger partial charge is 0.342 e. The Hall–Kier alpha value is -4.02. The average Bonchev–Trinajstić information content (AvgIpc) is 3.58. The lowest BCUT2D eigenvalue weighted by atomic mass is 9.33. The molecule has 2 nitrogen and oxygen atoms in total. The van der Waals surface area contributed by atoms with Gasteiger partial charge in [-0.1, -0.05) is 67.1 Å². The number of thiophene rings is 1. The number of hydrogen-bond acceptors (Lipinski definition) is 3. The van der Waals surface area contributed by atoms with Gasteiger partial charge >= 0.3 is 0 Å². The predicted octanol–water partition coefficient (Wildman–Crippen LogP) is 7.78. The van der Waals surface area contributed by atoms with E-state index >= 15 is 0 Å². The maximum atomic E-state index is 2.73. The summed E-state index contributed by atoms with van der Waals surface area (Å²) in [7, 11) is 0.